The van der Waals surface area contributed by atoms with Gasteiger partial charge in [0, 0.05) is 0 Å². The monoisotopic (exact) mass is 206 g/mol. The van der Waals surface area contributed by atoms with Crippen LogP contribution < -0.4 is 5.19 Å². The van der Waals surface area contributed by atoms with E-state index in [4.69, 9.17) is 0 Å². The van der Waals surface area contributed by atoms with Crippen molar-refractivity contribution in [2.24, 2.45) is 0 Å². The summed E-state index contributed by atoms with van der Waals surface area (Å²) in [4.78, 5) is 0. The van der Waals surface area contributed by atoms with E-state index in [2.05, 4.69) is 57.6 Å². The van der Waals surface area contributed by atoms with Crippen LogP contribution in [0.15, 0.2) is 18.2 Å². The minimum Gasteiger partial charge on any atom is -0.326 e. The maximum Gasteiger partial charge on any atom is 0.172 e. The first-order valence-corrected chi connectivity index (χ1v) is 6.83. The van der Waals surface area contributed by atoms with Gasteiger partial charge in [0.05, 0.1) is 0 Å². The summed E-state index contributed by atoms with van der Waals surface area (Å²) in [5.74, 6) is 0. The van der Waals surface area contributed by atoms with E-state index in [1.165, 1.54) is 17.2 Å². The first-order chi connectivity index (χ1) is 6.57. The summed E-state index contributed by atoms with van der Waals surface area (Å²) in [5, 5.41) is 1.57. The second kappa shape index (κ2) is 4.76. The van der Waals surface area contributed by atoms with E-state index in [0.717, 1.165) is 0 Å². The Morgan fingerprint density at radius 3 is 2.36 bits per heavy atom. The van der Waals surface area contributed by atoms with Crippen LogP contribution in [0.3, 0.4) is 0 Å². The fourth-order valence-corrected chi connectivity index (χ4v) is 4.23. The van der Waals surface area contributed by atoms with Gasteiger partial charge in [-0.2, -0.15) is 0 Å². The fourth-order valence-electron chi connectivity index (χ4n) is 1.81. The van der Waals surface area contributed by atoms with Crippen molar-refractivity contribution in [1.29, 1.82) is 0 Å². The van der Waals surface area contributed by atoms with E-state index in [1.54, 1.807) is 5.19 Å². The molecule has 1 aromatic carbocycles. The van der Waals surface area contributed by atoms with Gasteiger partial charge in [0.15, 0.2) is 8.96 Å². The van der Waals surface area contributed by atoms with E-state index < -0.39 is 8.96 Å². The first kappa shape index (κ1) is 11.5. The highest BCUT2D eigenvalue weighted by Crippen LogP contribution is 2.06. The third-order valence-corrected chi connectivity index (χ3v) is 5.70. The highest BCUT2D eigenvalue weighted by Gasteiger charge is 2.17. The summed E-state index contributed by atoms with van der Waals surface area (Å²) in [5.41, 5.74) is 2.90. The molecule has 77 valence electrons. The Kier molecular flexibility index (Phi) is 3.90. The maximum atomic E-state index is 2.40. The van der Waals surface area contributed by atoms with Crippen LogP contribution in [0.4, 0.5) is 0 Å². The number of hydrogen-bond donors (Lipinski definition) is 0. The fraction of sp³-hybridized carbons (Fsp3) is 0.500. The van der Waals surface area contributed by atoms with Crippen LogP contribution in [-0.2, 0) is 0 Å². The second-order valence-electron chi connectivity index (χ2n) is 3.94. The number of nitrogens with zero attached hydrogens (tertiary/aromatic N) is 1. The van der Waals surface area contributed by atoms with Crippen LogP contribution in [-0.4, -0.2) is 27.6 Å². The molecule has 14 heavy (non-hydrogen) atoms. The van der Waals surface area contributed by atoms with E-state index in [-0.39, 0.29) is 0 Å². The van der Waals surface area contributed by atoms with Crippen molar-refractivity contribution in [3.63, 3.8) is 0 Å². The van der Waals surface area contributed by atoms with Crippen LogP contribution >= 0.6 is 0 Å². The zero-order valence-electron chi connectivity index (χ0n) is 9.89. The third kappa shape index (κ3) is 2.25. The molecule has 0 unspecified atom stereocenters. The molecule has 0 aromatic heterocycles. The van der Waals surface area contributed by atoms with Crippen molar-refractivity contribution < 1.29 is 0 Å². The van der Waals surface area contributed by atoms with Gasteiger partial charge >= 0.3 is 0 Å². The molecule has 1 aromatic rings. The predicted molar refractivity (Wildman–Crippen MR) is 65.5 cm³/mol. The van der Waals surface area contributed by atoms with Gasteiger partial charge in [-0.05, 0) is 50.3 Å². The molecule has 0 saturated carbocycles. The van der Waals surface area contributed by atoms with Gasteiger partial charge in [-0.3, -0.25) is 0 Å². The van der Waals surface area contributed by atoms with Gasteiger partial charge in [-0.15, -0.1) is 0 Å². The highest BCUT2D eigenvalue weighted by molar-refractivity contribution is 6.70. The van der Waals surface area contributed by atoms with Gasteiger partial charge in [-0.1, -0.05) is 25.1 Å². The molecule has 0 atom stereocenters. The molecule has 0 fully saturated rings. The Morgan fingerprint density at radius 1 is 1.21 bits per heavy atom. The quantitative estimate of drug-likeness (QED) is 0.685. The summed E-state index contributed by atoms with van der Waals surface area (Å²) in [6.45, 7) is 6.73. The van der Waals surface area contributed by atoms with Crippen molar-refractivity contribution in [3.05, 3.63) is 29.3 Å². The minimum absolute atomic E-state index is 0.497. The molecule has 0 aliphatic carbocycles. The summed E-state index contributed by atoms with van der Waals surface area (Å²) in [6.07, 6.45) is 0. The Labute approximate surface area is 89.4 Å². The number of rotatable bonds is 3. The van der Waals surface area contributed by atoms with Crippen molar-refractivity contribution in [1.82, 2.24) is 4.57 Å². The third-order valence-electron chi connectivity index (χ3n) is 2.79. The molecular formula is C12H20NSi. The largest absolute Gasteiger partial charge is 0.326 e. The van der Waals surface area contributed by atoms with E-state index in [0.29, 0.717) is 0 Å². The van der Waals surface area contributed by atoms with Crippen molar-refractivity contribution in [3.8, 4) is 0 Å². The summed E-state index contributed by atoms with van der Waals surface area (Å²) in [6, 6.07) is 7.94. The molecule has 0 aliphatic heterocycles. The SMILES string of the molecule is CC[Si](c1cccc(C)c1C)N(C)C. The summed E-state index contributed by atoms with van der Waals surface area (Å²) in [7, 11) is 3.89. The van der Waals surface area contributed by atoms with Crippen LogP contribution in [0.2, 0.25) is 6.04 Å². The van der Waals surface area contributed by atoms with E-state index in [1.807, 2.05) is 0 Å². The van der Waals surface area contributed by atoms with Gasteiger partial charge < -0.3 is 4.57 Å². The van der Waals surface area contributed by atoms with Gasteiger partial charge in [-0.25, -0.2) is 0 Å². The Morgan fingerprint density at radius 2 is 1.86 bits per heavy atom. The smallest absolute Gasteiger partial charge is 0.172 e. The van der Waals surface area contributed by atoms with Crippen LogP contribution in [0.5, 0.6) is 0 Å². The predicted octanol–water partition coefficient (Wildman–Crippen LogP) is 2.08. The second-order valence-corrected chi connectivity index (χ2v) is 6.98. The summed E-state index contributed by atoms with van der Waals surface area (Å²) >= 11 is 0. The average Bonchev–Trinajstić information content (AvgIpc) is 2.13. The normalized spacial score (nSPS) is 11.4. The molecule has 0 aliphatic rings. The van der Waals surface area contributed by atoms with Gasteiger partial charge in [0.2, 0.25) is 0 Å². The lowest BCUT2D eigenvalue weighted by atomic mass is 10.1. The molecule has 0 saturated heterocycles. The molecule has 0 bridgehead atoms. The summed E-state index contributed by atoms with van der Waals surface area (Å²) < 4.78 is 2.40. The van der Waals surface area contributed by atoms with Crippen molar-refractivity contribution in [2.75, 3.05) is 14.1 Å². The minimum atomic E-state index is -0.497. The van der Waals surface area contributed by atoms with Gasteiger partial charge in [0.1, 0.15) is 0 Å². The average molecular weight is 206 g/mol. The highest BCUT2D eigenvalue weighted by atomic mass is 28.3. The van der Waals surface area contributed by atoms with Crippen LogP contribution in [0.25, 0.3) is 0 Å². The molecule has 0 N–H and O–H groups in total. The molecule has 1 radical (unpaired) electrons. The standard InChI is InChI=1S/C12H20NSi/c1-6-14(13(4)5)12-9-7-8-10(2)11(12)3/h7-9H,6H2,1-5H3. The molecule has 1 nitrogen and oxygen atoms in total. The zero-order valence-corrected chi connectivity index (χ0v) is 10.9. The van der Waals surface area contributed by atoms with Crippen LogP contribution in [0.1, 0.15) is 18.1 Å². The number of aryl methyl sites for hydroxylation is 1. The van der Waals surface area contributed by atoms with Crippen LogP contribution in [0, 0.1) is 13.8 Å². The zero-order chi connectivity index (χ0) is 10.7. The molecule has 0 amide bonds. The maximum absolute atomic E-state index is 2.40. The molecule has 1 rings (SSSR count). The number of benzene rings is 1. The molecular weight excluding hydrogens is 186 g/mol. The van der Waals surface area contributed by atoms with Gasteiger partial charge in [0.25, 0.3) is 0 Å². The van der Waals surface area contributed by atoms with Crippen molar-refractivity contribution in [2.45, 2.75) is 26.8 Å². The lowest BCUT2D eigenvalue weighted by Gasteiger charge is -2.23. The lowest BCUT2D eigenvalue weighted by Crippen LogP contribution is -2.44. The Bertz CT molecular complexity index is 307. The Balaban J connectivity index is 3.10. The topological polar surface area (TPSA) is 3.24 Å². The first-order valence-electron chi connectivity index (χ1n) is 5.17. The lowest BCUT2D eigenvalue weighted by molar-refractivity contribution is 0.646. The molecule has 0 spiro atoms. The van der Waals surface area contributed by atoms with E-state index in [9.17, 15) is 0 Å². The Hall–Kier alpha value is -0.603. The van der Waals surface area contributed by atoms with Crippen molar-refractivity contribution >= 4 is 14.1 Å². The molecule has 0 heterocycles. The molecule has 2 heteroatoms. The van der Waals surface area contributed by atoms with E-state index >= 15 is 0 Å². The number of hydrogen-bond acceptors (Lipinski definition) is 1.